The van der Waals surface area contributed by atoms with E-state index in [0.29, 0.717) is 22.8 Å². The van der Waals surface area contributed by atoms with Gasteiger partial charge in [0.1, 0.15) is 28.7 Å². The van der Waals surface area contributed by atoms with E-state index in [1.165, 1.54) is 0 Å². The average Bonchev–Trinajstić information content (AvgIpc) is 3.23. The lowest BCUT2D eigenvalue weighted by Gasteiger charge is -2.17. The molecule has 0 radical (unpaired) electrons. The van der Waals surface area contributed by atoms with Crippen LogP contribution in [0.5, 0.6) is 0 Å². The van der Waals surface area contributed by atoms with Gasteiger partial charge in [0, 0.05) is 5.39 Å². The van der Waals surface area contributed by atoms with Crippen LogP contribution in [0.25, 0.3) is 11.0 Å². The maximum atomic E-state index is 12.9. The second-order valence-electron chi connectivity index (χ2n) is 6.20. The fourth-order valence-corrected chi connectivity index (χ4v) is 3.12. The van der Waals surface area contributed by atoms with Crippen molar-refractivity contribution in [1.82, 2.24) is 10.5 Å². The van der Waals surface area contributed by atoms with Crippen molar-refractivity contribution in [3.63, 3.8) is 0 Å². The average molecular weight is 346 g/mol. The lowest BCUT2D eigenvalue weighted by molar-refractivity contribution is 0.0937. The van der Waals surface area contributed by atoms with Gasteiger partial charge in [-0.2, -0.15) is 0 Å². The highest BCUT2D eigenvalue weighted by molar-refractivity contribution is 5.96. The Morgan fingerprint density at radius 3 is 2.46 bits per heavy atom. The van der Waals surface area contributed by atoms with Gasteiger partial charge in [0.05, 0.1) is 5.69 Å². The number of para-hydroxylation sites is 1. The van der Waals surface area contributed by atoms with E-state index in [0.717, 1.165) is 16.5 Å². The number of furan rings is 1. The molecule has 130 valence electrons. The zero-order valence-electron chi connectivity index (χ0n) is 14.5. The summed E-state index contributed by atoms with van der Waals surface area (Å²) in [5.41, 5.74) is 2.75. The number of nitrogens with zero attached hydrogens (tertiary/aromatic N) is 1. The van der Waals surface area contributed by atoms with Crippen LogP contribution in [-0.2, 0) is 0 Å². The minimum Gasteiger partial charge on any atom is -0.459 e. The summed E-state index contributed by atoms with van der Waals surface area (Å²) in [5, 5.41) is 7.92. The van der Waals surface area contributed by atoms with Gasteiger partial charge in [0.2, 0.25) is 0 Å². The molecule has 1 N–H and O–H groups in total. The van der Waals surface area contributed by atoms with Crippen LogP contribution in [-0.4, -0.2) is 11.1 Å². The van der Waals surface area contributed by atoms with E-state index < -0.39 is 6.04 Å². The number of carbonyl (C=O) groups excluding carboxylic acids is 1. The highest BCUT2D eigenvalue weighted by Gasteiger charge is 2.25. The van der Waals surface area contributed by atoms with Crippen molar-refractivity contribution in [1.29, 1.82) is 0 Å². The highest BCUT2D eigenvalue weighted by Crippen LogP contribution is 2.29. The predicted molar refractivity (Wildman–Crippen MR) is 97.9 cm³/mol. The van der Waals surface area contributed by atoms with Crippen molar-refractivity contribution in [3.8, 4) is 0 Å². The highest BCUT2D eigenvalue weighted by atomic mass is 16.5. The Morgan fingerprint density at radius 2 is 1.77 bits per heavy atom. The Labute approximate surface area is 150 Å². The van der Waals surface area contributed by atoms with Crippen molar-refractivity contribution >= 4 is 16.9 Å². The zero-order valence-corrected chi connectivity index (χ0v) is 14.5. The maximum absolute atomic E-state index is 12.9. The number of nitrogens with one attached hydrogen (secondary N) is 1. The molecular formula is C21H18N2O3. The molecule has 0 saturated heterocycles. The lowest BCUT2D eigenvalue weighted by Crippen LogP contribution is -2.29. The van der Waals surface area contributed by atoms with Gasteiger partial charge in [-0.1, -0.05) is 53.7 Å². The van der Waals surface area contributed by atoms with E-state index in [1.807, 2.05) is 60.7 Å². The molecule has 2 aromatic carbocycles. The van der Waals surface area contributed by atoms with E-state index in [4.69, 9.17) is 8.94 Å². The summed E-state index contributed by atoms with van der Waals surface area (Å²) in [7, 11) is 0. The molecule has 5 nitrogen and oxygen atoms in total. The van der Waals surface area contributed by atoms with Crippen LogP contribution in [0.3, 0.4) is 0 Å². The first-order valence-electron chi connectivity index (χ1n) is 8.40. The number of hydrogen-bond acceptors (Lipinski definition) is 4. The van der Waals surface area contributed by atoms with E-state index in [2.05, 4.69) is 10.5 Å². The van der Waals surface area contributed by atoms with Crippen LogP contribution >= 0.6 is 0 Å². The normalized spacial score (nSPS) is 12.2. The molecule has 0 aliphatic rings. The first kappa shape index (κ1) is 16.1. The molecule has 0 saturated carbocycles. The minimum atomic E-state index is -0.412. The molecule has 0 unspecified atom stereocenters. The molecule has 0 spiro atoms. The molecule has 2 heterocycles. The second kappa shape index (κ2) is 6.52. The Kier molecular flexibility index (Phi) is 4.05. The van der Waals surface area contributed by atoms with Crippen molar-refractivity contribution in [3.05, 3.63) is 89.0 Å². The molecule has 26 heavy (non-hydrogen) atoms. The first-order chi connectivity index (χ1) is 12.6. The number of hydrogen-bond donors (Lipinski definition) is 1. The maximum Gasteiger partial charge on any atom is 0.257 e. The van der Waals surface area contributed by atoms with Gasteiger partial charge in [0.15, 0.2) is 0 Å². The number of carbonyl (C=O) groups is 1. The van der Waals surface area contributed by atoms with Gasteiger partial charge in [-0.05, 0) is 31.5 Å². The summed E-state index contributed by atoms with van der Waals surface area (Å²) in [4.78, 5) is 12.9. The van der Waals surface area contributed by atoms with Crippen LogP contribution in [0.4, 0.5) is 0 Å². The minimum absolute atomic E-state index is 0.240. The third-order valence-electron chi connectivity index (χ3n) is 4.40. The van der Waals surface area contributed by atoms with Crippen LogP contribution < -0.4 is 5.32 Å². The molecule has 4 rings (SSSR count). The summed E-state index contributed by atoms with van der Waals surface area (Å²) in [5.74, 6) is 0.935. The third kappa shape index (κ3) is 2.88. The fourth-order valence-electron chi connectivity index (χ4n) is 3.12. The van der Waals surface area contributed by atoms with Crippen LogP contribution in [0.15, 0.2) is 69.6 Å². The van der Waals surface area contributed by atoms with E-state index in [1.54, 1.807) is 13.8 Å². The summed E-state index contributed by atoms with van der Waals surface area (Å²) >= 11 is 0. The lowest BCUT2D eigenvalue weighted by atomic mass is 10.0. The van der Waals surface area contributed by atoms with Crippen LogP contribution in [0.2, 0.25) is 0 Å². The van der Waals surface area contributed by atoms with Crippen molar-refractivity contribution < 1.29 is 13.7 Å². The number of aromatic nitrogens is 1. The molecule has 4 aromatic rings. The van der Waals surface area contributed by atoms with E-state index in [-0.39, 0.29) is 5.91 Å². The predicted octanol–water partition coefficient (Wildman–Crippen LogP) is 4.56. The first-order valence-corrected chi connectivity index (χ1v) is 8.40. The Balaban J connectivity index is 1.75. The molecule has 0 fully saturated rings. The summed E-state index contributed by atoms with van der Waals surface area (Å²) in [6.07, 6.45) is 0. The quantitative estimate of drug-likeness (QED) is 0.588. The molecule has 0 bridgehead atoms. The molecule has 2 aromatic heterocycles. The number of aryl methyl sites for hydroxylation is 2. The SMILES string of the molecule is Cc1noc(C)c1C(=O)N[C@@H](c1ccccc1)c1cc2ccccc2o1. The van der Waals surface area contributed by atoms with Crippen LogP contribution in [0.1, 0.15) is 39.2 Å². The Hall–Kier alpha value is -3.34. The van der Waals surface area contributed by atoms with E-state index in [9.17, 15) is 4.79 Å². The van der Waals surface area contributed by atoms with Gasteiger partial charge in [0.25, 0.3) is 5.91 Å². The smallest absolute Gasteiger partial charge is 0.257 e. The van der Waals surface area contributed by atoms with E-state index >= 15 is 0 Å². The standard InChI is InChI=1S/C21H18N2O3/c1-13-19(14(2)26-23-13)21(24)22-20(15-8-4-3-5-9-15)18-12-16-10-6-7-11-17(16)25-18/h3-12,20H,1-2H3,(H,22,24)/t20-/m0/s1. The van der Waals surface area contributed by atoms with Gasteiger partial charge in [-0.15, -0.1) is 0 Å². The summed E-state index contributed by atoms with van der Waals surface area (Å²) < 4.78 is 11.1. The monoisotopic (exact) mass is 346 g/mol. The third-order valence-corrected chi connectivity index (χ3v) is 4.40. The molecule has 0 aliphatic heterocycles. The molecule has 1 atom stereocenters. The summed E-state index contributed by atoms with van der Waals surface area (Å²) in [6.45, 7) is 3.48. The number of amides is 1. The molecular weight excluding hydrogens is 328 g/mol. The topological polar surface area (TPSA) is 68.3 Å². The summed E-state index contributed by atoms with van der Waals surface area (Å²) in [6, 6.07) is 19.1. The molecule has 1 amide bonds. The van der Waals surface area contributed by atoms with Crippen molar-refractivity contribution in [2.45, 2.75) is 19.9 Å². The number of fused-ring (bicyclic) bond motifs is 1. The fraction of sp³-hybridized carbons (Fsp3) is 0.143. The van der Waals surface area contributed by atoms with Gasteiger partial charge < -0.3 is 14.3 Å². The van der Waals surface area contributed by atoms with Crippen molar-refractivity contribution in [2.75, 3.05) is 0 Å². The number of benzene rings is 2. The second-order valence-corrected chi connectivity index (χ2v) is 6.20. The van der Waals surface area contributed by atoms with Gasteiger partial charge in [-0.3, -0.25) is 4.79 Å². The van der Waals surface area contributed by atoms with Gasteiger partial charge >= 0.3 is 0 Å². The largest absolute Gasteiger partial charge is 0.459 e. The van der Waals surface area contributed by atoms with Crippen LogP contribution in [0, 0.1) is 13.8 Å². The molecule has 5 heteroatoms. The molecule has 0 aliphatic carbocycles. The number of rotatable bonds is 4. The zero-order chi connectivity index (χ0) is 18.1. The Bertz CT molecular complexity index is 1010. The van der Waals surface area contributed by atoms with Crippen molar-refractivity contribution in [2.24, 2.45) is 0 Å². The Morgan fingerprint density at radius 1 is 1.04 bits per heavy atom. The van der Waals surface area contributed by atoms with Gasteiger partial charge in [-0.25, -0.2) is 0 Å².